The lowest BCUT2D eigenvalue weighted by atomic mass is 9.85. The lowest BCUT2D eigenvalue weighted by molar-refractivity contribution is 0.0924. The maximum atomic E-state index is 13.7. The second kappa shape index (κ2) is 8.10. The lowest BCUT2D eigenvalue weighted by Crippen LogP contribution is -2.37. The number of benzene rings is 1. The fourth-order valence-corrected chi connectivity index (χ4v) is 4.19. The van der Waals surface area contributed by atoms with Crippen molar-refractivity contribution in [2.45, 2.75) is 51.5 Å². The normalized spacial score (nSPS) is 18.7. The zero-order valence-corrected chi connectivity index (χ0v) is 17.7. The van der Waals surface area contributed by atoms with E-state index in [-0.39, 0.29) is 29.6 Å². The SMILES string of the molecule is Cc1nc(C2CCC(NC(=O)c3cnc(-n4nc(C)c5ccc(F)cc54)nc3)CC2)no1. The van der Waals surface area contributed by atoms with E-state index in [0.717, 1.165) is 42.6 Å². The van der Waals surface area contributed by atoms with Crippen LogP contribution in [-0.4, -0.2) is 41.8 Å². The van der Waals surface area contributed by atoms with Gasteiger partial charge >= 0.3 is 0 Å². The van der Waals surface area contributed by atoms with Crippen molar-refractivity contribution in [2.75, 3.05) is 0 Å². The van der Waals surface area contributed by atoms with Crippen LogP contribution in [0.5, 0.6) is 0 Å². The summed E-state index contributed by atoms with van der Waals surface area (Å²) in [4.78, 5) is 25.6. The Balaban J connectivity index is 1.25. The van der Waals surface area contributed by atoms with E-state index < -0.39 is 0 Å². The summed E-state index contributed by atoms with van der Waals surface area (Å²) in [5.41, 5.74) is 1.69. The van der Waals surface area contributed by atoms with Crippen molar-refractivity contribution in [3.63, 3.8) is 0 Å². The van der Waals surface area contributed by atoms with E-state index in [9.17, 15) is 9.18 Å². The highest BCUT2D eigenvalue weighted by molar-refractivity contribution is 5.93. The summed E-state index contributed by atoms with van der Waals surface area (Å²) in [6, 6.07) is 4.55. The Bertz CT molecular complexity index is 1270. The van der Waals surface area contributed by atoms with E-state index in [1.807, 2.05) is 6.92 Å². The van der Waals surface area contributed by atoms with Gasteiger partial charge in [0.25, 0.3) is 11.9 Å². The van der Waals surface area contributed by atoms with Gasteiger partial charge in [-0.05, 0) is 44.7 Å². The molecule has 1 fully saturated rings. The van der Waals surface area contributed by atoms with E-state index in [2.05, 4.69) is 30.5 Å². The van der Waals surface area contributed by atoms with Gasteiger partial charge in [-0.3, -0.25) is 4.79 Å². The number of fused-ring (bicyclic) bond motifs is 1. The molecule has 3 aromatic heterocycles. The highest BCUT2D eigenvalue weighted by atomic mass is 19.1. The standard InChI is InChI=1S/C22H22FN7O2/c1-12-18-8-5-16(23)9-19(18)30(28-12)22-24-10-15(11-25-22)21(31)27-17-6-3-14(4-7-17)20-26-13(2)32-29-20/h5,8-11,14,17H,3-4,6-7H2,1-2H3,(H,27,31). The van der Waals surface area contributed by atoms with Crippen LogP contribution in [0.1, 0.15) is 59.4 Å². The zero-order chi connectivity index (χ0) is 22.2. The second-order valence-corrected chi connectivity index (χ2v) is 8.12. The van der Waals surface area contributed by atoms with Gasteiger partial charge in [0.1, 0.15) is 5.82 Å². The molecule has 32 heavy (non-hydrogen) atoms. The molecule has 0 unspecified atom stereocenters. The maximum Gasteiger partial charge on any atom is 0.254 e. The molecule has 1 saturated carbocycles. The Morgan fingerprint density at radius 3 is 2.59 bits per heavy atom. The van der Waals surface area contributed by atoms with E-state index in [1.54, 1.807) is 13.0 Å². The highest BCUT2D eigenvalue weighted by Gasteiger charge is 2.27. The zero-order valence-electron chi connectivity index (χ0n) is 17.7. The van der Waals surface area contributed by atoms with Crippen LogP contribution in [0.4, 0.5) is 4.39 Å². The molecular weight excluding hydrogens is 413 g/mol. The molecule has 5 rings (SSSR count). The smallest absolute Gasteiger partial charge is 0.254 e. The molecule has 9 nitrogen and oxygen atoms in total. The second-order valence-electron chi connectivity index (χ2n) is 8.12. The highest BCUT2D eigenvalue weighted by Crippen LogP contribution is 2.31. The Hall–Kier alpha value is -3.69. The number of hydrogen-bond donors (Lipinski definition) is 1. The molecule has 0 saturated heterocycles. The summed E-state index contributed by atoms with van der Waals surface area (Å²) in [5.74, 6) is 1.28. The Labute approximate surface area is 183 Å². The van der Waals surface area contributed by atoms with E-state index in [4.69, 9.17) is 4.52 Å². The summed E-state index contributed by atoms with van der Waals surface area (Å²) in [6.07, 6.45) is 6.39. The Morgan fingerprint density at radius 2 is 1.91 bits per heavy atom. The summed E-state index contributed by atoms with van der Waals surface area (Å²) in [5, 5.41) is 12.3. The molecule has 1 aliphatic carbocycles. The van der Waals surface area contributed by atoms with Crippen LogP contribution in [0.25, 0.3) is 16.9 Å². The molecular formula is C22H22FN7O2. The third-order valence-electron chi connectivity index (χ3n) is 5.89. The first-order valence-corrected chi connectivity index (χ1v) is 10.6. The first kappa shape index (κ1) is 20.2. The molecule has 0 aliphatic heterocycles. The molecule has 3 heterocycles. The quantitative estimate of drug-likeness (QED) is 0.523. The molecule has 1 N–H and O–H groups in total. The Morgan fingerprint density at radius 1 is 1.16 bits per heavy atom. The Kier molecular flexibility index (Phi) is 5.12. The van der Waals surface area contributed by atoms with E-state index in [1.165, 1.54) is 29.2 Å². The van der Waals surface area contributed by atoms with Gasteiger partial charge in [-0.15, -0.1) is 0 Å². The molecule has 0 radical (unpaired) electrons. The topological polar surface area (TPSA) is 112 Å². The van der Waals surface area contributed by atoms with Gasteiger partial charge in [-0.1, -0.05) is 5.16 Å². The number of aromatic nitrogens is 6. The fourth-order valence-electron chi connectivity index (χ4n) is 4.19. The molecule has 1 amide bonds. The number of carbonyl (C=O) groups excluding carboxylic acids is 1. The van der Waals surface area contributed by atoms with Gasteiger partial charge in [-0.2, -0.15) is 14.8 Å². The molecule has 0 atom stereocenters. The van der Waals surface area contributed by atoms with E-state index >= 15 is 0 Å². The minimum atomic E-state index is -0.362. The predicted octanol–water partition coefficient (Wildman–Crippen LogP) is 3.41. The first-order chi connectivity index (χ1) is 15.5. The van der Waals surface area contributed by atoms with Gasteiger partial charge in [0.15, 0.2) is 5.82 Å². The van der Waals surface area contributed by atoms with Crippen LogP contribution in [0.3, 0.4) is 0 Å². The van der Waals surface area contributed by atoms with Crippen molar-refractivity contribution in [2.24, 2.45) is 0 Å². The number of amides is 1. The van der Waals surface area contributed by atoms with Crippen molar-refractivity contribution in [3.05, 3.63) is 59.4 Å². The van der Waals surface area contributed by atoms with Crippen LogP contribution < -0.4 is 5.32 Å². The maximum absolute atomic E-state index is 13.7. The third-order valence-corrected chi connectivity index (χ3v) is 5.89. The minimum Gasteiger partial charge on any atom is -0.349 e. The van der Waals surface area contributed by atoms with Crippen molar-refractivity contribution in [1.29, 1.82) is 0 Å². The van der Waals surface area contributed by atoms with Gasteiger partial charge < -0.3 is 9.84 Å². The number of nitrogens with one attached hydrogen (secondary N) is 1. The van der Waals surface area contributed by atoms with Crippen LogP contribution >= 0.6 is 0 Å². The summed E-state index contributed by atoms with van der Waals surface area (Å²) < 4.78 is 20.3. The third kappa shape index (κ3) is 3.83. The van der Waals surface area contributed by atoms with Crippen molar-refractivity contribution in [1.82, 2.24) is 35.2 Å². The van der Waals surface area contributed by atoms with Crippen LogP contribution in [0.15, 0.2) is 35.1 Å². The molecule has 164 valence electrons. The van der Waals surface area contributed by atoms with Crippen molar-refractivity contribution in [3.8, 4) is 5.95 Å². The average molecular weight is 435 g/mol. The minimum absolute atomic E-state index is 0.0760. The van der Waals surface area contributed by atoms with Crippen LogP contribution in [-0.2, 0) is 0 Å². The molecule has 0 bridgehead atoms. The summed E-state index contributed by atoms with van der Waals surface area (Å²) in [6.45, 7) is 3.62. The number of nitrogens with zero attached hydrogens (tertiary/aromatic N) is 6. The number of aryl methyl sites for hydroxylation is 2. The number of hydrogen-bond acceptors (Lipinski definition) is 7. The van der Waals surface area contributed by atoms with Crippen molar-refractivity contribution >= 4 is 16.8 Å². The van der Waals surface area contributed by atoms with Gasteiger partial charge in [0.05, 0.1) is 16.8 Å². The van der Waals surface area contributed by atoms with Gasteiger partial charge in [0, 0.05) is 42.7 Å². The van der Waals surface area contributed by atoms with Crippen LogP contribution in [0, 0.1) is 19.7 Å². The average Bonchev–Trinajstić information content (AvgIpc) is 3.37. The van der Waals surface area contributed by atoms with Gasteiger partial charge in [0.2, 0.25) is 5.89 Å². The first-order valence-electron chi connectivity index (χ1n) is 10.6. The van der Waals surface area contributed by atoms with E-state index in [0.29, 0.717) is 17.0 Å². The fraction of sp³-hybridized carbons (Fsp3) is 0.364. The van der Waals surface area contributed by atoms with Gasteiger partial charge in [-0.25, -0.2) is 14.4 Å². The van der Waals surface area contributed by atoms with Crippen molar-refractivity contribution < 1.29 is 13.7 Å². The monoisotopic (exact) mass is 435 g/mol. The predicted molar refractivity (Wildman–Crippen MR) is 113 cm³/mol. The molecule has 0 spiro atoms. The summed E-state index contributed by atoms with van der Waals surface area (Å²) in [7, 11) is 0. The molecule has 1 aromatic carbocycles. The molecule has 1 aliphatic rings. The number of rotatable bonds is 4. The number of carbonyl (C=O) groups is 1. The summed E-state index contributed by atoms with van der Waals surface area (Å²) >= 11 is 0. The lowest BCUT2D eigenvalue weighted by Gasteiger charge is -2.27. The largest absolute Gasteiger partial charge is 0.349 e. The molecule has 10 heteroatoms. The van der Waals surface area contributed by atoms with Crippen LogP contribution in [0.2, 0.25) is 0 Å². The number of halogens is 1. The molecule has 4 aromatic rings.